The first-order valence-corrected chi connectivity index (χ1v) is 8.59. The second-order valence-corrected chi connectivity index (χ2v) is 6.77. The van der Waals surface area contributed by atoms with E-state index in [1.54, 1.807) is 20.8 Å². The SMILES string of the molecule is CCOP(=O)(N[C@@H](C)COS(C)(=O)=O)OCC. The average molecular weight is 289 g/mol. The summed E-state index contributed by atoms with van der Waals surface area (Å²) in [5.41, 5.74) is 0. The lowest BCUT2D eigenvalue weighted by Gasteiger charge is -2.21. The summed E-state index contributed by atoms with van der Waals surface area (Å²) in [6, 6.07) is -0.478. The van der Waals surface area contributed by atoms with Crippen molar-refractivity contribution < 1.29 is 26.2 Å². The molecule has 0 aliphatic heterocycles. The minimum atomic E-state index is -3.51. The Kier molecular flexibility index (Phi) is 7.46. The molecule has 0 aliphatic rings. The standard InChI is InChI=1S/C8H20NO6PS/c1-5-13-16(10,14-6-2)9-8(3)7-15-17(4,11)12/h8H,5-7H2,1-4H3,(H,9,10)/t8-/m0/s1. The summed E-state index contributed by atoms with van der Waals surface area (Å²) >= 11 is 0. The molecule has 104 valence electrons. The van der Waals surface area contributed by atoms with Crippen molar-refractivity contribution in [2.75, 3.05) is 26.1 Å². The van der Waals surface area contributed by atoms with Crippen molar-refractivity contribution >= 4 is 17.9 Å². The van der Waals surface area contributed by atoms with E-state index < -0.39 is 23.9 Å². The summed E-state index contributed by atoms with van der Waals surface area (Å²) < 4.78 is 48.1. The van der Waals surface area contributed by atoms with Gasteiger partial charge in [0.1, 0.15) is 0 Å². The monoisotopic (exact) mass is 289 g/mol. The van der Waals surface area contributed by atoms with Crippen LogP contribution in [0.15, 0.2) is 0 Å². The maximum atomic E-state index is 12.0. The first-order chi connectivity index (χ1) is 7.72. The van der Waals surface area contributed by atoms with Gasteiger partial charge in [-0.1, -0.05) is 0 Å². The van der Waals surface area contributed by atoms with Crippen LogP contribution in [0.3, 0.4) is 0 Å². The molecule has 0 rings (SSSR count). The van der Waals surface area contributed by atoms with E-state index in [0.717, 1.165) is 6.26 Å². The molecule has 17 heavy (non-hydrogen) atoms. The van der Waals surface area contributed by atoms with E-state index >= 15 is 0 Å². The van der Waals surface area contributed by atoms with E-state index in [-0.39, 0.29) is 19.8 Å². The average Bonchev–Trinajstić information content (AvgIpc) is 2.14. The molecule has 0 aromatic heterocycles. The molecule has 1 N–H and O–H groups in total. The molecule has 0 spiro atoms. The maximum absolute atomic E-state index is 12.0. The van der Waals surface area contributed by atoms with E-state index in [0.29, 0.717) is 0 Å². The minimum Gasteiger partial charge on any atom is -0.297 e. The largest absolute Gasteiger partial charge is 0.405 e. The molecule has 0 aliphatic carbocycles. The molecule has 0 aromatic carbocycles. The van der Waals surface area contributed by atoms with Gasteiger partial charge in [-0.05, 0) is 20.8 Å². The van der Waals surface area contributed by atoms with Crippen LogP contribution in [0, 0.1) is 0 Å². The zero-order chi connectivity index (χ0) is 13.5. The Hall–Kier alpha value is 0.0200. The van der Waals surface area contributed by atoms with Crippen LogP contribution in [-0.4, -0.2) is 40.5 Å². The Morgan fingerprint density at radius 1 is 1.24 bits per heavy atom. The van der Waals surface area contributed by atoms with Crippen molar-refractivity contribution in [1.82, 2.24) is 5.09 Å². The molecule has 0 saturated heterocycles. The molecule has 7 nitrogen and oxygen atoms in total. The highest BCUT2D eigenvalue weighted by Gasteiger charge is 2.26. The summed E-state index contributed by atoms with van der Waals surface area (Å²) in [4.78, 5) is 0. The third kappa shape index (κ3) is 8.70. The highest BCUT2D eigenvalue weighted by atomic mass is 32.2. The fourth-order valence-electron chi connectivity index (χ4n) is 0.985. The molecular formula is C8H20NO6PS. The summed E-state index contributed by atoms with van der Waals surface area (Å²) in [7, 11) is -6.89. The van der Waals surface area contributed by atoms with E-state index in [4.69, 9.17) is 9.05 Å². The van der Waals surface area contributed by atoms with Crippen molar-refractivity contribution in [1.29, 1.82) is 0 Å². The van der Waals surface area contributed by atoms with E-state index in [2.05, 4.69) is 9.27 Å². The first-order valence-electron chi connectivity index (χ1n) is 5.23. The lowest BCUT2D eigenvalue weighted by atomic mass is 10.4. The van der Waals surface area contributed by atoms with Crippen LogP contribution in [-0.2, 0) is 27.9 Å². The van der Waals surface area contributed by atoms with Gasteiger partial charge < -0.3 is 0 Å². The van der Waals surface area contributed by atoms with Gasteiger partial charge in [-0.15, -0.1) is 0 Å². The lowest BCUT2D eigenvalue weighted by Crippen LogP contribution is -2.30. The zero-order valence-electron chi connectivity index (χ0n) is 10.5. The number of rotatable bonds is 9. The van der Waals surface area contributed by atoms with E-state index in [9.17, 15) is 13.0 Å². The van der Waals surface area contributed by atoms with Gasteiger partial charge in [0, 0.05) is 6.04 Å². The van der Waals surface area contributed by atoms with Crippen LogP contribution in [0.1, 0.15) is 20.8 Å². The maximum Gasteiger partial charge on any atom is 0.405 e. The number of hydrogen-bond acceptors (Lipinski definition) is 6. The summed E-state index contributed by atoms with van der Waals surface area (Å²) in [5.74, 6) is 0. The molecule has 0 radical (unpaired) electrons. The molecule has 0 fully saturated rings. The Morgan fingerprint density at radius 3 is 2.06 bits per heavy atom. The van der Waals surface area contributed by atoms with Gasteiger partial charge in [-0.3, -0.25) is 13.2 Å². The van der Waals surface area contributed by atoms with Gasteiger partial charge in [0.2, 0.25) is 0 Å². The predicted molar refractivity (Wildman–Crippen MR) is 64.3 cm³/mol. The first kappa shape index (κ1) is 17.0. The van der Waals surface area contributed by atoms with Crippen LogP contribution in [0.2, 0.25) is 0 Å². The Morgan fingerprint density at radius 2 is 1.71 bits per heavy atom. The smallest absolute Gasteiger partial charge is 0.297 e. The van der Waals surface area contributed by atoms with Crippen molar-refractivity contribution in [3.05, 3.63) is 0 Å². The number of hydrogen-bond donors (Lipinski definition) is 1. The Labute approximate surface area is 103 Å². The van der Waals surface area contributed by atoms with Crippen LogP contribution in [0.4, 0.5) is 0 Å². The fourth-order valence-corrected chi connectivity index (χ4v) is 2.95. The quantitative estimate of drug-likeness (QED) is 0.502. The van der Waals surface area contributed by atoms with Crippen LogP contribution in [0.5, 0.6) is 0 Å². The Balaban J connectivity index is 4.31. The summed E-state index contributed by atoms with van der Waals surface area (Å²) in [5, 5.41) is 2.59. The van der Waals surface area contributed by atoms with Crippen molar-refractivity contribution in [2.45, 2.75) is 26.8 Å². The van der Waals surface area contributed by atoms with Gasteiger partial charge in [0.25, 0.3) is 10.1 Å². The molecule has 0 heterocycles. The summed E-state index contributed by atoms with van der Waals surface area (Å²) in [6.07, 6.45) is 0.949. The Bertz CT molecular complexity index is 347. The topological polar surface area (TPSA) is 90.9 Å². The van der Waals surface area contributed by atoms with Gasteiger partial charge in [0.15, 0.2) is 0 Å². The minimum absolute atomic E-state index is 0.136. The van der Waals surface area contributed by atoms with Crippen molar-refractivity contribution in [3.8, 4) is 0 Å². The molecule has 9 heteroatoms. The molecule has 1 atom stereocenters. The number of nitrogens with one attached hydrogen (secondary N) is 1. The van der Waals surface area contributed by atoms with Crippen molar-refractivity contribution in [2.24, 2.45) is 0 Å². The van der Waals surface area contributed by atoms with Crippen LogP contribution >= 0.6 is 7.75 Å². The van der Waals surface area contributed by atoms with E-state index in [1.807, 2.05) is 0 Å². The fraction of sp³-hybridized carbons (Fsp3) is 1.00. The molecule has 0 bridgehead atoms. The molecule has 0 saturated carbocycles. The van der Waals surface area contributed by atoms with Gasteiger partial charge in [-0.25, -0.2) is 9.65 Å². The molecule has 0 aromatic rings. The molecule has 0 amide bonds. The lowest BCUT2D eigenvalue weighted by molar-refractivity contribution is 0.200. The van der Waals surface area contributed by atoms with E-state index in [1.165, 1.54) is 0 Å². The molecule has 0 unspecified atom stereocenters. The summed E-state index contributed by atoms with van der Waals surface area (Å²) in [6.45, 7) is 5.31. The highest BCUT2D eigenvalue weighted by molar-refractivity contribution is 7.85. The van der Waals surface area contributed by atoms with Gasteiger partial charge in [-0.2, -0.15) is 8.42 Å². The van der Waals surface area contributed by atoms with Crippen LogP contribution in [0.25, 0.3) is 0 Å². The van der Waals surface area contributed by atoms with Crippen LogP contribution < -0.4 is 5.09 Å². The predicted octanol–water partition coefficient (Wildman–Crippen LogP) is 1.12. The molecular weight excluding hydrogens is 269 g/mol. The third-order valence-electron chi connectivity index (χ3n) is 1.51. The normalized spacial score (nSPS) is 14.8. The highest BCUT2D eigenvalue weighted by Crippen LogP contribution is 2.43. The van der Waals surface area contributed by atoms with Gasteiger partial charge in [0.05, 0.1) is 26.1 Å². The second-order valence-electron chi connectivity index (χ2n) is 3.35. The third-order valence-corrected chi connectivity index (χ3v) is 4.03. The van der Waals surface area contributed by atoms with Crippen molar-refractivity contribution in [3.63, 3.8) is 0 Å². The van der Waals surface area contributed by atoms with Gasteiger partial charge >= 0.3 is 7.75 Å². The zero-order valence-corrected chi connectivity index (χ0v) is 12.2. The second kappa shape index (κ2) is 7.45.